The summed E-state index contributed by atoms with van der Waals surface area (Å²) in [7, 11) is 1.54. The molecule has 0 saturated heterocycles. The van der Waals surface area contributed by atoms with E-state index in [1.165, 1.54) is 7.11 Å². The fraction of sp³-hybridized carbons (Fsp3) is 0.556. The molecule has 0 aromatic heterocycles. The van der Waals surface area contributed by atoms with Crippen LogP contribution < -0.4 is 10.1 Å². The van der Waals surface area contributed by atoms with Gasteiger partial charge in [-0.2, -0.15) is 0 Å². The van der Waals surface area contributed by atoms with Crippen molar-refractivity contribution in [3.05, 3.63) is 23.2 Å². The highest BCUT2D eigenvalue weighted by atomic mass is 35.5. The zero-order chi connectivity index (χ0) is 17.7. The van der Waals surface area contributed by atoms with Crippen molar-refractivity contribution in [2.45, 2.75) is 39.5 Å². The number of ether oxygens (including phenoxy) is 1. The minimum absolute atomic E-state index is 0.0525. The standard InChI is InChI=1S/C18H25ClN2O3/c1-4-10-21(11-5-2)17(23)18(8-9-18)16(22)20-13-6-7-15(24-3)14(19)12-13/h6-7,12H,4-5,8-11H2,1-3H3,(H,20,22). The number of carbonyl (C=O) groups excluding carboxylic acids is 2. The normalized spacial score (nSPS) is 14.8. The van der Waals surface area contributed by atoms with Crippen LogP contribution in [-0.4, -0.2) is 36.9 Å². The molecule has 0 heterocycles. The van der Waals surface area contributed by atoms with E-state index < -0.39 is 5.41 Å². The van der Waals surface area contributed by atoms with Crippen LogP contribution in [0.3, 0.4) is 0 Å². The molecule has 1 aliphatic rings. The SMILES string of the molecule is CCCN(CCC)C(=O)C1(C(=O)Nc2ccc(OC)c(Cl)c2)CC1. The topological polar surface area (TPSA) is 58.6 Å². The number of hydrogen-bond donors (Lipinski definition) is 1. The molecule has 2 amide bonds. The third-order valence-electron chi connectivity index (χ3n) is 4.28. The predicted octanol–water partition coefficient (Wildman–Crippen LogP) is 3.72. The van der Waals surface area contributed by atoms with E-state index in [4.69, 9.17) is 16.3 Å². The summed E-state index contributed by atoms with van der Waals surface area (Å²) in [4.78, 5) is 27.3. The van der Waals surface area contributed by atoms with Crippen molar-refractivity contribution in [2.24, 2.45) is 5.41 Å². The maximum Gasteiger partial charge on any atom is 0.240 e. The molecule has 1 N–H and O–H groups in total. The first kappa shape index (κ1) is 18.6. The number of methoxy groups -OCH3 is 1. The van der Waals surface area contributed by atoms with Crippen molar-refractivity contribution in [3.63, 3.8) is 0 Å². The maximum absolute atomic E-state index is 12.8. The lowest BCUT2D eigenvalue weighted by Crippen LogP contribution is -2.43. The van der Waals surface area contributed by atoms with Crippen molar-refractivity contribution in [1.29, 1.82) is 0 Å². The van der Waals surface area contributed by atoms with E-state index in [-0.39, 0.29) is 11.8 Å². The summed E-state index contributed by atoms with van der Waals surface area (Å²) in [6, 6.07) is 5.05. The van der Waals surface area contributed by atoms with Gasteiger partial charge in [-0.25, -0.2) is 0 Å². The van der Waals surface area contributed by atoms with Gasteiger partial charge >= 0.3 is 0 Å². The van der Waals surface area contributed by atoms with E-state index in [0.29, 0.717) is 42.4 Å². The Morgan fingerprint density at radius 3 is 2.33 bits per heavy atom. The lowest BCUT2D eigenvalue weighted by atomic mass is 10.0. The molecular formula is C18H25ClN2O3. The summed E-state index contributed by atoms with van der Waals surface area (Å²) >= 11 is 6.09. The minimum Gasteiger partial charge on any atom is -0.495 e. The zero-order valence-electron chi connectivity index (χ0n) is 14.5. The largest absolute Gasteiger partial charge is 0.495 e. The van der Waals surface area contributed by atoms with Crippen LogP contribution in [0, 0.1) is 5.41 Å². The van der Waals surface area contributed by atoms with Gasteiger partial charge in [-0.1, -0.05) is 25.4 Å². The van der Waals surface area contributed by atoms with E-state index in [1.807, 2.05) is 18.7 Å². The quantitative estimate of drug-likeness (QED) is 0.725. The number of rotatable bonds is 8. The van der Waals surface area contributed by atoms with Gasteiger partial charge in [0.2, 0.25) is 11.8 Å². The second-order valence-corrected chi connectivity index (χ2v) is 6.58. The lowest BCUT2D eigenvalue weighted by molar-refractivity contribution is -0.142. The van der Waals surface area contributed by atoms with E-state index in [0.717, 1.165) is 12.8 Å². The molecule has 0 unspecified atom stereocenters. The first-order chi connectivity index (χ1) is 11.5. The molecule has 1 aromatic rings. The molecule has 0 aliphatic heterocycles. The molecule has 6 heteroatoms. The van der Waals surface area contributed by atoms with Crippen LogP contribution >= 0.6 is 11.6 Å². The summed E-state index contributed by atoms with van der Waals surface area (Å²) in [6.45, 7) is 5.45. The van der Waals surface area contributed by atoms with E-state index >= 15 is 0 Å². The maximum atomic E-state index is 12.8. The van der Waals surface area contributed by atoms with Gasteiger partial charge in [-0.3, -0.25) is 9.59 Å². The summed E-state index contributed by atoms with van der Waals surface area (Å²) in [5.74, 6) is 0.248. The molecule has 132 valence electrons. The molecule has 0 atom stereocenters. The Kier molecular flexibility index (Phi) is 6.10. The van der Waals surface area contributed by atoms with Gasteiger partial charge in [0, 0.05) is 18.8 Å². The lowest BCUT2D eigenvalue weighted by Gasteiger charge is -2.26. The first-order valence-electron chi connectivity index (χ1n) is 8.43. The molecule has 24 heavy (non-hydrogen) atoms. The molecule has 2 rings (SSSR count). The fourth-order valence-electron chi connectivity index (χ4n) is 2.82. The van der Waals surface area contributed by atoms with Gasteiger partial charge in [0.25, 0.3) is 0 Å². The Labute approximate surface area is 148 Å². The number of hydrogen-bond acceptors (Lipinski definition) is 3. The van der Waals surface area contributed by atoms with Crippen LogP contribution in [0.1, 0.15) is 39.5 Å². The van der Waals surface area contributed by atoms with E-state index in [9.17, 15) is 9.59 Å². The van der Waals surface area contributed by atoms with Crippen LogP contribution in [0.15, 0.2) is 18.2 Å². The average molecular weight is 353 g/mol. The Bertz CT molecular complexity index is 608. The van der Waals surface area contributed by atoms with Crippen LogP contribution in [0.2, 0.25) is 5.02 Å². The molecule has 0 bridgehead atoms. The van der Waals surface area contributed by atoms with Crippen LogP contribution in [0.4, 0.5) is 5.69 Å². The molecule has 1 fully saturated rings. The van der Waals surface area contributed by atoms with E-state index in [2.05, 4.69) is 5.32 Å². The molecule has 1 saturated carbocycles. The van der Waals surface area contributed by atoms with Gasteiger partial charge < -0.3 is 15.0 Å². The summed E-state index contributed by atoms with van der Waals surface area (Å²) < 4.78 is 5.10. The number of nitrogens with one attached hydrogen (secondary N) is 1. The molecule has 1 aromatic carbocycles. The van der Waals surface area contributed by atoms with Crippen LogP contribution in [-0.2, 0) is 9.59 Å². The van der Waals surface area contributed by atoms with Gasteiger partial charge in [-0.15, -0.1) is 0 Å². The average Bonchev–Trinajstić information content (AvgIpc) is 3.36. The minimum atomic E-state index is -0.906. The molecule has 1 aliphatic carbocycles. The molecule has 5 nitrogen and oxygen atoms in total. The Balaban J connectivity index is 2.10. The fourth-order valence-corrected chi connectivity index (χ4v) is 3.07. The van der Waals surface area contributed by atoms with Crippen molar-refractivity contribution in [2.75, 3.05) is 25.5 Å². The number of anilines is 1. The van der Waals surface area contributed by atoms with Crippen LogP contribution in [0.25, 0.3) is 0 Å². The number of carbonyl (C=O) groups is 2. The van der Waals surface area contributed by atoms with Gasteiger partial charge in [0.1, 0.15) is 11.2 Å². The van der Waals surface area contributed by atoms with Crippen LogP contribution in [0.5, 0.6) is 5.75 Å². The third kappa shape index (κ3) is 3.83. The first-order valence-corrected chi connectivity index (χ1v) is 8.80. The highest BCUT2D eigenvalue weighted by Crippen LogP contribution is 2.48. The molecular weight excluding hydrogens is 328 g/mol. The third-order valence-corrected chi connectivity index (χ3v) is 4.57. The van der Waals surface area contributed by atoms with Gasteiger partial charge in [0.05, 0.1) is 12.1 Å². The smallest absolute Gasteiger partial charge is 0.240 e. The second-order valence-electron chi connectivity index (χ2n) is 6.18. The van der Waals surface area contributed by atoms with Crippen molar-refractivity contribution < 1.29 is 14.3 Å². The monoisotopic (exact) mass is 352 g/mol. The number of amides is 2. The second kappa shape index (κ2) is 7.88. The molecule has 0 spiro atoms. The Morgan fingerprint density at radius 1 is 1.25 bits per heavy atom. The van der Waals surface area contributed by atoms with Crippen molar-refractivity contribution in [3.8, 4) is 5.75 Å². The number of nitrogens with zero attached hydrogens (tertiary/aromatic N) is 1. The summed E-state index contributed by atoms with van der Waals surface area (Å²) in [5.41, 5.74) is -0.334. The highest BCUT2D eigenvalue weighted by Gasteiger charge is 2.57. The Morgan fingerprint density at radius 2 is 1.88 bits per heavy atom. The predicted molar refractivity (Wildman–Crippen MR) is 95.5 cm³/mol. The zero-order valence-corrected chi connectivity index (χ0v) is 15.3. The summed E-state index contributed by atoms with van der Waals surface area (Å²) in [6.07, 6.45) is 2.98. The van der Waals surface area contributed by atoms with Crippen molar-refractivity contribution >= 4 is 29.1 Å². The Hall–Kier alpha value is -1.75. The highest BCUT2D eigenvalue weighted by molar-refractivity contribution is 6.32. The van der Waals surface area contributed by atoms with E-state index in [1.54, 1.807) is 18.2 Å². The number of halogens is 1. The van der Waals surface area contributed by atoms with Gasteiger partial charge in [-0.05, 0) is 43.9 Å². The van der Waals surface area contributed by atoms with Crippen molar-refractivity contribution in [1.82, 2.24) is 4.90 Å². The molecule has 0 radical (unpaired) electrons. The summed E-state index contributed by atoms with van der Waals surface area (Å²) in [5, 5.41) is 3.25. The van der Waals surface area contributed by atoms with Gasteiger partial charge in [0.15, 0.2) is 0 Å². The number of benzene rings is 1.